The molecule has 7 heteroatoms. The molecule has 2 aromatic rings. The molecule has 0 radical (unpaired) electrons. The van der Waals surface area contributed by atoms with Crippen LogP contribution in [0, 0.1) is 19.7 Å². The molecule has 0 saturated carbocycles. The molecule has 5 nitrogen and oxygen atoms in total. The molecule has 1 unspecified atom stereocenters. The zero-order valence-electron chi connectivity index (χ0n) is 18.9. The molecule has 1 atom stereocenters. The molecule has 0 aliphatic rings. The zero-order valence-corrected chi connectivity index (χ0v) is 19.6. The van der Waals surface area contributed by atoms with Gasteiger partial charge in [-0.3, -0.25) is 9.59 Å². The van der Waals surface area contributed by atoms with Crippen LogP contribution in [0.15, 0.2) is 36.4 Å². The largest absolute Gasteiger partial charge is 0.484 e. The molecule has 0 fully saturated rings. The minimum Gasteiger partial charge on any atom is -0.484 e. The highest BCUT2D eigenvalue weighted by Gasteiger charge is 2.29. The third-order valence-electron chi connectivity index (χ3n) is 4.74. The summed E-state index contributed by atoms with van der Waals surface area (Å²) in [7, 11) is 0. The van der Waals surface area contributed by atoms with Gasteiger partial charge in [-0.25, -0.2) is 4.39 Å². The monoisotopic (exact) mass is 448 g/mol. The number of halogens is 2. The van der Waals surface area contributed by atoms with Crippen molar-refractivity contribution < 1.29 is 18.7 Å². The first-order valence-corrected chi connectivity index (χ1v) is 10.5. The van der Waals surface area contributed by atoms with Crippen molar-refractivity contribution in [1.29, 1.82) is 0 Å². The Kier molecular flexibility index (Phi) is 8.07. The molecule has 2 aromatic carbocycles. The molecule has 0 aliphatic heterocycles. The van der Waals surface area contributed by atoms with E-state index < -0.39 is 23.3 Å². The average molecular weight is 449 g/mol. The summed E-state index contributed by atoms with van der Waals surface area (Å²) in [5, 5.41) is 3.51. The molecule has 0 spiro atoms. The van der Waals surface area contributed by atoms with Crippen molar-refractivity contribution in [3.8, 4) is 5.75 Å². The van der Waals surface area contributed by atoms with Crippen LogP contribution in [0.3, 0.4) is 0 Å². The molecule has 1 N–H and O–H groups in total. The van der Waals surface area contributed by atoms with E-state index in [9.17, 15) is 14.0 Å². The molecule has 2 amide bonds. The van der Waals surface area contributed by atoms with Gasteiger partial charge in [0.2, 0.25) is 5.91 Å². The number of rotatable bonds is 7. The van der Waals surface area contributed by atoms with Crippen molar-refractivity contribution >= 4 is 23.4 Å². The highest BCUT2D eigenvalue weighted by atomic mass is 35.5. The summed E-state index contributed by atoms with van der Waals surface area (Å²) in [5.41, 5.74) is 1.53. The van der Waals surface area contributed by atoms with Gasteiger partial charge in [0, 0.05) is 22.7 Å². The lowest BCUT2D eigenvalue weighted by atomic mass is 10.1. The second-order valence-electron chi connectivity index (χ2n) is 8.69. The molecule has 0 bridgehead atoms. The minimum absolute atomic E-state index is 0.0493. The van der Waals surface area contributed by atoms with Crippen molar-refractivity contribution in [1.82, 2.24) is 10.2 Å². The topological polar surface area (TPSA) is 58.6 Å². The first kappa shape index (κ1) is 24.7. The van der Waals surface area contributed by atoms with Crippen molar-refractivity contribution in [3.05, 3.63) is 63.9 Å². The van der Waals surface area contributed by atoms with E-state index in [2.05, 4.69) is 5.32 Å². The first-order valence-electron chi connectivity index (χ1n) is 10.1. The van der Waals surface area contributed by atoms with Crippen LogP contribution in [0.5, 0.6) is 5.75 Å². The Morgan fingerprint density at radius 2 is 1.74 bits per heavy atom. The lowest BCUT2D eigenvalue weighted by Crippen LogP contribution is -2.53. The van der Waals surface area contributed by atoms with Crippen molar-refractivity contribution in [3.63, 3.8) is 0 Å². The number of nitrogens with zero attached hydrogens (tertiary/aromatic N) is 1. The van der Waals surface area contributed by atoms with Gasteiger partial charge < -0.3 is 15.0 Å². The summed E-state index contributed by atoms with van der Waals surface area (Å²) in [6.45, 7) is 10.6. The maximum absolute atomic E-state index is 14.2. The standard InChI is InChI=1S/C24H30ClFN2O3/c1-15-11-19(12-16(2)22(15)25)31-14-21(29)28(13-18-9-7-8-10-20(18)26)17(3)23(30)27-24(4,5)6/h7-12,17H,13-14H2,1-6H3,(H,27,30). The average Bonchev–Trinajstić information content (AvgIpc) is 2.67. The molecule has 0 aromatic heterocycles. The number of hydrogen-bond acceptors (Lipinski definition) is 3. The summed E-state index contributed by atoms with van der Waals surface area (Å²) >= 11 is 6.19. The third-order valence-corrected chi connectivity index (χ3v) is 5.33. The third kappa shape index (κ3) is 6.96. The normalized spacial score (nSPS) is 12.3. The van der Waals surface area contributed by atoms with Gasteiger partial charge in [0.25, 0.3) is 5.91 Å². The second-order valence-corrected chi connectivity index (χ2v) is 9.07. The van der Waals surface area contributed by atoms with Gasteiger partial charge in [-0.1, -0.05) is 29.8 Å². The van der Waals surface area contributed by atoms with Gasteiger partial charge in [-0.2, -0.15) is 0 Å². The van der Waals surface area contributed by atoms with Crippen molar-refractivity contribution in [2.45, 2.75) is 59.7 Å². The Hall–Kier alpha value is -2.60. The Morgan fingerprint density at radius 1 is 1.16 bits per heavy atom. The highest BCUT2D eigenvalue weighted by Crippen LogP contribution is 2.26. The van der Waals surface area contributed by atoms with Crippen LogP contribution in [-0.4, -0.2) is 34.9 Å². The number of carbonyl (C=O) groups is 2. The van der Waals surface area contributed by atoms with Crippen LogP contribution >= 0.6 is 11.6 Å². The fraction of sp³-hybridized carbons (Fsp3) is 0.417. The summed E-state index contributed by atoms with van der Waals surface area (Å²) in [6, 6.07) is 8.87. The number of carbonyl (C=O) groups excluding carboxylic acids is 2. The van der Waals surface area contributed by atoms with E-state index in [1.165, 1.54) is 11.0 Å². The Bertz CT molecular complexity index is 933. The lowest BCUT2D eigenvalue weighted by Gasteiger charge is -2.31. The number of ether oxygens (including phenoxy) is 1. The zero-order chi connectivity index (χ0) is 23.3. The van der Waals surface area contributed by atoms with E-state index in [-0.39, 0.29) is 19.1 Å². The predicted octanol–water partition coefficient (Wildman–Crippen LogP) is 4.81. The van der Waals surface area contributed by atoms with Gasteiger partial charge in [-0.05, 0) is 70.9 Å². The van der Waals surface area contributed by atoms with Gasteiger partial charge >= 0.3 is 0 Å². The van der Waals surface area contributed by atoms with Gasteiger partial charge in [0.05, 0.1) is 0 Å². The van der Waals surface area contributed by atoms with Crippen LogP contribution in [0.2, 0.25) is 5.02 Å². The van der Waals surface area contributed by atoms with E-state index in [1.54, 1.807) is 37.3 Å². The Morgan fingerprint density at radius 3 is 2.29 bits per heavy atom. The molecule has 0 heterocycles. The summed E-state index contributed by atoms with van der Waals surface area (Å²) < 4.78 is 19.9. The minimum atomic E-state index is -0.816. The van der Waals surface area contributed by atoms with Crippen LogP contribution in [0.25, 0.3) is 0 Å². The number of amides is 2. The van der Waals surface area contributed by atoms with Crippen LogP contribution < -0.4 is 10.1 Å². The van der Waals surface area contributed by atoms with Gasteiger partial charge in [0.15, 0.2) is 6.61 Å². The summed E-state index contributed by atoms with van der Waals surface area (Å²) in [5.74, 6) is -0.681. The summed E-state index contributed by atoms with van der Waals surface area (Å²) in [4.78, 5) is 27.1. The maximum Gasteiger partial charge on any atom is 0.261 e. The lowest BCUT2D eigenvalue weighted by molar-refractivity contribution is -0.142. The fourth-order valence-corrected chi connectivity index (χ4v) is 3.19. The van der Waals surface area contributed by atoms with E-state index >= 15 is 0 Å². The molecule has 0 saturated heterocycles. The molecule has 31 heavy (non-hydrogen) atoms. The second kappa shape index (κ2) is 10.1. The molecule has 168 valence electrons. The number of benzene rings is 2. The van der Waals surface area contributed by atoms with Crippen LogP contribution in [0.4, 0.5) is 4.39 Å². The molecule has 0 aliphatic carbocycles. The Labute approximate surface area is 188 Å². The fourth-order valence-electron chi connectivity index (χ4n) is 3.08. The maximum atomic E-state index is 14.2. The number of hydrogen-bond donors (Lipinski definition) is 1. The number of aryl methyl sites for hydroxylation is 2. The van der Waals surface area contributed by atoms with Crippen molar-refractivity contribution in [2.24, 2.45) is 0 Å². The van der Waals surface area contributed by atoms with Gasteiger partial charge in [0.1, 0.15) is 17.6 Å². The van der Waals surface area contributed by atoms with E-state index in [4.69, 9.17) is 16.3 Å². The van der Waals surface area contributed by atoms with Crippen molar-refractivity contribution in [2.75, 3.05) is 6.61 Å². The first-order chi connectivity index (χ1) is 14.4. The van der Waals surface area contributed by atoms with Gasteiger partial charge in [-0.15, -0.1) is 0 Å². The number of nitrogens with one attached hydrogen (secondary N) is 1. The highest BCUT2D eigenvalue weighted by molar-refractivity contribution is 6.32. The van der Waals surface area contributed by atoms with E-state index in [0.29, 0.717) is 16.3 Å². The van der Waals surface area contributed by atoms with E-state index in [0.717, 1.165) is 11.1 Å². The molecular weight excluding hydrogens is 419 g/mol. The molecule has 2 rings (SSSR count). The quantitative estimate of drug-likeness (QED) is 0.661. The van der Waals surface area contributed by atoms with Crippen LogP contribution in [-0.2, 0) is 16.1 Å². The smallest absolute Gasteiger partial charge is 0.261 e. The Balaban J connectivity index is 2.23. The summed E-state index contributed by atoms with van der Waals surface area (Å²) in [6.07, 6.45) is 0. The predicted molar refractivity (Wildman–Crippen MR) is 121 cm³/mol. The SMILES string of the molecule is Cc1cc(OCC(=O)N(Cc2ccccc2F)C(C)C(=O)NC(C)(C)C)cc(C)c1Cl. The van der Waals surface area contributed by atoms with E-state index in [1.807, 2.05) is 34.6 Å². The molecular formula is C24H30ClFN2O3. The van der Waals surface area contributed by atoms with Crippen LogP contribution in [0.1, 0.15) is 44.4 Å².